The number of aromatic nitrogens is 1. The lowest BCUT2D eigenvalue weighted by Gasteiger charge is -2.25. The van der Waals surface area contributed by atoms with Gasteiger partial charge in [-0.05, 0) is 61.0 Å². The molecule has 0 bridgehead atoms. The van der Waals surface area contributed by atoms with Crippen molar-refractivity contribution in [2.24, 2.45) is 5.92 Å². The Morgan fingerprint density at radius 1 is 1.03 bits per heavy atom. The fourth-order valence-electron chi connectivity index (χ4n) is 5.00. The second kappa shape index (κ2) is 9.80. The van der Waals surface area contributed by atoms with Crippen molar-refractivity contribution in [2.75, 3.05) is 39.4 Å². The predicted molar refractivity (Wildman–Crippen MR) is 127 cm³/mol. The molecule has 1 aromatic heterocycles. The summed E-state index contributed by atoms with van der Waals surface area (Å²) in [6, 6.07) is 16.7. The molecule has 0 saturated carbocycles. The fraction of sp³-hybridized carbons (Fsp3) is 0.407. The number of carbonyl (C=O) groups excluding carboxylic acids is 1. The second-order valence-electron chi connectivity index (χ2n) is 9.09. The molecule has 32 heavy (non-hydrogen) atoms. The molecular weight excluding hydrogens is 398 g/mol. The maximum absolute atomic E-state index is 13.6. The Hall–Kier alpha value is -2.76. The molecule has 2 aromatic carbocycles. The van der Waals surface area contributed by atoms with Crippen LogP contribution in [0.5, 0.6) is 0 Å². The van der Waals surface area contributed by atoms with Gasteiger partial charge >= 0.3 is 0 Å². The highest BCUT2D eigenvalue weighted by Crippen LogP contribution is 2.22. The smallest absolute Gasteiger partial charge is 0.254 e. The van der Waals surface area contributed by atoms with E-state index in [0.717, 1.165) is 49.1 Å². The van der Waals surface area contributed by atoms with Crippen molar-refractivity contribution in [1.82, 2.24) is 14.8 Å². The number of pyridine rings is 1. The van der Waals surface area contributed by atoms with Crippen molar-refractivity contribution in [3.05, 3.63) is 77.6 Å². The normalized spacial score (nSPS) is 19.9. The monoisotopic (exact) mass is 429 g/mol. The number of nitrogens with zero attached hydrogens (tertiary/aromatic N) is 3. The molecule has 3 heterocycles. The van der Waals surface area contributed by atoms with Crippen LogP contribution in [0.1, 0.15) is 34.3 Å². The van der Waals surface area contributed by atoms with Gasteiger partial charge in [0.2, 0.25) is 0 Å². The first kappa shape index (κ1) is 21.1. The van der Waals surface area contributed by atoms with Crippen molar-refractivity contribution in [1.29, 1.82) is 0 Å². The van der Waals surface area contributed by atoms with Crippen LogP contribution in [-0.4, -0.2) is 60.1 Å². The van der Waals surface area contributed by atoms with Crippen molar-refractivity contribution >= 4 is 16.7 Å². The Kier molecular flexibility index (Phi) is 6.46. The van der Waals surface area contributed by atoms with Gasteiger partial charge in [0.15, 0.2) is 0 Å². The predicted octanol–water partition coefficient (Wildman–Crippen LogP) is 4.16. The minimum atomic E-state index is 0.139. The Bertz CT molecular complexity index is 1080. The van der Waals surface area contributed by atoms with Crippen molar-refractivity contribution in [3.63, 3.8) is 0 Å². The Morgan fingerprint density at radius 2 is 1.91 bits per heavy atom. The van der Waals surface area contributed by atoms with E-state index in [1.165, 1.54) is 23.8 Å². The summed E-state index contributed by atoms with van der Waals surface area (Å²) in [6.07, 6.45) is 7.14. The van der Waals surface area contributed by atoms with Gasteiger partial charge in [0.25, 0.3) is 5.91 Å². The van der Waals surface area contributed by atoms with Crippen LogP contribution in [0.3, 0.4) is 0 Å². The first-order valence-electron chi connectivity index (χ1n) is 11.8. The van der Waals surface area contributed by atoms with E-state index in [1.54, 1.807) is 0 Å². The second-order valence-corrected chi connectivity index (χ2v) is 9.09. The molecule has 2 saturated heterocycles. The molecule has 0 spiro atoms. The van der Waals surface area contributed by atoms with Gasteiger partial charge in [-0.15, -0.1) is 0 Å². The van der Waals surface area contributed by atoms with E-state index in [4.69, 9.17) is 4.74 Å². The van der Waals surface area contributed by atoms with Crippen LogP contribution in [0.25, 0.3) is 10.8 Å². The molecule has 1 amide bonds. The topological polar surface area (TPSA) is 45.7 Å². The molecule has 2 fully saturated rings. The zero-order chi connectivity index (χ0) is 21.8. The van der Waals surface area contributed by atoms with Gasteiger partial charge in [0.05, 0.1) is 13.2 Å². The summed E-state index contributed by atoms with van der Waals surface area (Å²) >= 11 is 0. The van der Waals surface area contributed by atoms with Gasteiger partial charge in [-0.2, -0.15) is 0 Å². The fourth-order valence-corrected chi connectivity index (χ4v) is 5.00. The summed E-state index contributed by atoms with van der Waals surface area (Å²) in [5.74, 6) is 0.423. The number of fused-ring (bicyclic) bond motifs is 1. The lowest BCUT2D eigenvalue weighted by atomic mass is 9.97. The molecule has 5 rings (SSSR count). The van der Waals surface area contributed by atoms with E-state index >= 15 is 0 Å². The molecule has 166 valence electrons. The minimum Gasteiger partial charge on any atom is -0.379 e. The highest BCUT2D eigenvalue weighted by atomic mass is 16.5. The number of hydrogen-bond donors (Lipinski definition) is 0. The average Bonchev–Trinajstić information content (AvgIpc) is 3.23. The zero-order valence-corrected chi connectivity index (χ0v) is 18.6. The molecule has 0 aliphatic carbocycles. The molecule has 5 nitrogen and oxygen atoms in total. The van der Waals surface area contributed by atoms with Crippen LogP contribution in [0, 0.1) is 5.92 Å². The van der Waals surface area contributed by atoms with Gasteiger partial charge in [-0.3, -0.25) is 14.7 Å². The maximum Gasteiger partial charge on any atom is 0.254 e. The quantitative estimate of drug-likeness (QED) is 0.611. The number of hydrogen-bond acceptors (Lipinski definition) is 4. The Balaban J connectivity index is 1.31. The molecule has 0 radical (unpaired) electrons. The van der Waals surface area contributed by atoms with E-state index in [2.05, 4.69) is 40.2 Å². The molecule has 2 aliphatic rings. The van der Waals surface area contributed by atoms with E-state index in [9.17, 15) is 4.79 Å². The number of ether oxygens (including phenoxy) is 1. The summed E-state index contributed by atoms with van der Waals surface area (Å²) in [5, 5.41) is 2.36. The molecule has 1 atom stereocenters. The van der Waals surface area contributed by atoms with Crippen LogP contribution in [0.15, 0.2) is 60.9 Å². The largest absolute Gasteiger partial charge is 0.379 e. The van der Waals surface area contributed by atoms with E-state index in [-0.39, 0.29) is 11.8 Å². The van der Waals surface area contributed by atoms with Crippen LogP contribution in [-0.2, 0) is 17.7 Å². The average molecular weight is 430 g/mol. The Morgan fingerprint density at radius 3 is 2.81 bits per heavy atom. The van der Waals surface area contributed by atoms with Gasteiger partial charge < -0.3 is 9.64 Å². The molecule has 3 aromatic rings. The summed E-state index contributed by atoms with van der Waals surface area (Å²) in [6.45, 7) is 5.78. The number of rotatable bonds is 5. The first-order chi connectivity index (χ1) is 15.8. The minimum absolute atomic E-state index is 0.139. The van der Waals surface area contributed by atoms with Crippen LogP contribution in [0.4, 0.5) is 0 Å². The maximum atomic E-state index is 13.6. The van der Waals surface area contributed by atoms with E-state index in [1.807, 2.05) is 35.5 Å². The summed E-state index contributed by atoms with van der Waals surface area (Å²) in [5.41, 5.74) is 3.27. The number of carbonyl (C=O) groups is 1. The molecule has 2 aliphatic heterocycles. The molecule has 5 heteroatoms. The summed E-state index contributed by atoms with van der Waals surface area (Å²) < 4.78 is 5.91. The van der Waals surface area contributed by atoms with Crippen LogP contribution >= 0.6 is 0 Å². The highest BCUT2D eigenvalue weighted by molar-refractivity contribution is 5.95. The third-order valence-corrected chi connectivity index (χ3v) is 6.69. The summed E-state index contributed by atoms with van der Waals surface area (Å²) in [7, 11) is 0. The first-order valence-corrected chi connectivity index (χ1v) is 11.8. The molecule has 0 N–H and O–H groups in total. The molecular formula is C27H31N3O2. The van der Waals surface area contributed by atoms with Crippen molar-refractivity contribution in [3.8, 4) is 0 Å². The third kappa shape index (κ3) is 4.84. The zero-order valence-electron chi connectivity index (χ0n) is 18.6. The van der Waals surface area contributed by atoms with Gasteiger partial charge in [0, 0.05) is 48.9 Å². The van der Waals surface area contributed by atoms with Gasteiger partial charge in [-0.1, -0.05) is 36.4 Å². The van der Waals surface area contributed by atoms with E-state index < -0.39 is 0 Å². The molecule has 0 unspecified atom stereocenters. The van der Waals surface area contributed by atoms with Crippen molar-refractivity contribution < 1.29 is 9.53 Å². The van der Waals surface area contributed by atoms with E-state index in [0.29, 0.717) is 19.8 Å². The van der Waals surface area contributed by atoms with Crippen LogP contribution < -0.4 is 0 Å². The number of amides is 1. The highest BCUT2D eigenvalue weighted by Gasteiger charge is 2.26. The lowest BCUT2D eigenvalue weighted by molar-refractivity contribution is 0.0735. The third-order valence-electron chi connectivity index (χ3n) is 6.69. The van der Waals surface area contributed by atoms with Crippen LogP contribution in [0.2, 0.25) is 0 Å². The Labute approximate surface area is 190 Å². The number of likely N-dealkylation sites (tertiary alicyclic amines) is 1. The standard InChI is InChI=1S/C27H31N3O2/c31-27(26-6-2-1-5-25(26)19-29-11-3-4-12-29)30-13-14-32-20-22(18-30)15-21-7-8-24-17-28-10-9-23(24)16-21/h1-2,5-10,16-17,22H,3-4,11-15,18-20H2/t22-/m1/s1. The van der Waals surface area contributed by atoms with Gasteiger partial charge in [-0.25, -0.2) is 0 Å². The van der Waals surface area contributed by atoms with Gasteiger partial charge in [0.1, 0.15) is 0 Å². The van der Waals surface area contributed by atoms with Crippen molar-refractivity contribution in [2.45, 2.75) is 25.8 Å². The number of benzene rings is 2. The summed E-state index contributed by atoms with van der Waals surface area (Å²) in [4.78, 5) is 22.2. The SMILES string of the molecule is O=C(c1ccccc1CN1CCCC1)N1CCOC[C@H](Cc2ccc3cnccc3c2)C1. The lowest BCUT2D eigenvalue weighted by Crippen LogP contribution is -2.37.